The van der Waals surface area contributed by atoms with Gasteiger partial charge in [-0.2, -0.15) is 0 Å². The highest BCUT2D eigenvalue weighted by molar-refractivity contribution is 7.97. The van der Waals surface area contributed by atoms with Gasteiger partial charge in [0.1, 0.15) is 0 Å². The molecule has 0 radical (unpaired) electrons. The van der Waals surface area contributed by atoms with E-state index in [1.54, 1.807) is 0 Å². The Morgan fingerprint density at radius 3 is 1.67 bits per heavy atom. The third kappa shape index (κ3) is 5.06. The SMILES string of the molecule is CCc1ccc([S+](c2ccc(CC)cc2)c2ccc3c(c2)C(CC)(CC)c2cc(C(=O)C4CCCCC4)ccc2-3)cc1. The van der Waals surface area contributed by atoms with Gasteiger partial charge in [-0.05, 0) is 120 Å². The Labute approximate surface area is 256 Å². The first kappa shape index (κ1) is 29.0. The lowest BCUT2D eigenvalue weighted by Crippen LogP contribution is -2.24. The van der Waals surface area contributed by atoms with Crippen LogP contribution in [0.15, 0.2) is 99.6 Å². The van der Waals surface area contributed by atoms with Crippen molar-refractivity contribution in [1.82, 2.24) is 0 Å². The van der Waals surface area contributed by atoms with E-state index in [4.69, 9.17) is 0 Å². The number of rotatable bonds is 9. The molecule has 2 heteroatoms. The highest BCUT2D eigenvalue weighted by atomic mass is 32.2. The Balaban J connectivity index is 1.45. The van der Waals surface area contributed by atoms with Crippen LogP contribution in [0.5, 0.6) is 0 Å². The summed E-state index contributed by atoms with van der Waals surface area (Å²) >= 11 is 0. The number of ketones is 1. The van der Waals surface area contributed by atoms with Crippen LogP contribution in [0.1, 0.15) is 105 Å². The van der Waals surface area contributed by atoms with E-state index in [9.17, 15) is 4.79 Å². The van der Waals surface area contributed by atoms with Gasteiger partial charge in [-0.3, -0.25) is 4.79 Å². The van der Waals surface area contributed by atoms with Crippen LogP contribution in [-0.4, -0.2) is 5.78 Å². The molecule has 1 fully saturated rings. The molecule has 0 N–H and O–H groups in total. The molecule has 216 valence electrons. The summed E-state index contributed by atoms with van der Waals surface area (Å²) in [5, 5.41) is 0. The van der Waals surface area contributed by atoms with Crippen LogP contribution < -0.4 is 0 Å². The van der Waals surface area contributed by atoms with Gasteiger partial charge < -0.3 is 0 Å². The minimum Gasteiger partial charge on any atom is -0.294 e. The predicted octanol–water partition coefficient (Wildman–Crippen LogP) is 10.8. The molecule has 0 spiro atoms. The van der Waals surface area contributed by atoms with Crippen LogP contribution in [-0.2, 0) is 29.2 Å². The van der Waals surface area contributed by atoms with Crippen LogP contribution in [0.25, 0.3) is 11.1 Å². The molecule has 0 aliphatic heterocycles. The van der Waals surface area contributed by atoms with Crippen molar-refractivity contribution >= 4 is 16.7 Å². The van der Waals surface area contributed by atoms with Crippen molar-refractivity contribution in [1.29, 1.82) is 0 Å². The average molecular weight is 574 g/mol. The molecule has 0 amide bonds. The van der Waals surface area contributed by atoms with Crippen molar-refractivity contribution in [3.8, 4) is 11.1 Å². The fraction of sp³-hybridized carbons (Fsp3) is 0.375. The number of fused-ring (bicyclic) bond motifs is 3. The van der Waals surface area contributed by atoms with Crippen LogP contribution >= 0.6 is 0 Å². The Morgan fingerprint density at radius 1 is 0.643 bits per heavy atom. The minimum absolute atomic E-state index is 0.0727. The normalized spacial score (nSPS) is 15.9. The maximum Gasteiger partial charge on any atom is 0.166 e. The van der Waals surface area contributed by atoms with E-state index in [2.05, 4.69) is 113 Å². The molecule has 0 saturated heterocycles. The molecule has 4 aromatic rings. The van der Waals surface area contributed by atoms with Crippen molar-refractivity contribution in [2.24, 2.45) is 5.92 Å². The Kier molecular flexibility index (Phi) is 8.46. The van der Waals surface area contributed by atoms with Gasteiger partial charge in [0.25, 0.3) is 0 Å². The highest BCUT2D eigenvalue weighted by Gasteiger charge is 2.43. The number of carbonyl (C=O) groups excluding carboxylic acids is 1. The summed E-state index contributed by atoms with van der Waals surface area (Å²) in [6.45, 7) is 9.11. The molecule has 0 heterocycles. The molecule has 42 heavy (non-hydrogen) atoms. The molecule has 0 unspecified atom stereocenters. The average Bonchev–Trinajstić information content (AvgIpc) is 3.34. The molecule has 2 aliphatic carbocycles. The zero-order chi connectivity index (χ0) is 29.3. The van der Waals surface area contributed by atoms with Crippen LogP contribution in [0.2, 0.25) is 0 Å². The molecule has 0 aromatic heterocycles. The quantitative estimate of drug-likeness (QED) is 0.144. The van der Waals surface area contributed by atoms with E-state index in [0.29, 0.717) is 5.78 Å². The molecule has 4 aromatic carbocycles. The van der Waals surface area contributed by atoms with Crippen LogP contribution in [0.4, 0.5) is 0 Å². The first-order valence-electron chi connectivity index (χ1n) is 16.3. The highest BCUT2D eigenvalue weighted by Crippen LogP contribution is 2.54. The Bertz CT molecular complexity index is 1510. The Hall–Kier alpha value is -3.10. The zero-order valence-corrected chi connectivity index (χ0v) is 26.7. The van der Waals surface area contributed by atoms with E-state index in [0.717, 1.165) is 44.1 Å². The lowest BCUT2D eigenvalue weighted by atomic mass is 9.73. The summed E-state index contributed by atoms with van der Waals surface area (Å²) in [5.41, 5.74) is 9.07. The molecule has 2 aliphatic rings. The molecule has 0 bridgehead atoms. The van der Waals surface area contributed by atoms with Crippen molar-refractivity contribution < 1.29 is 4.79 Å². The minimum atomic E-state index is -0.199. The van der Waals surface area contributed by atoms with E-state index < -0.39 is 0 Å². The maximum absolute atomic E-state index is 13.6. The van der Waals surface area contributed by atoms with Crippen molar-refractivity contribution in [3.63, 3.8) is 0 Å². The monoisotopic (exact) mass is 573 g/mol. The summed E-state index contributed by atoms with van der Waals surface area (Å²) in [5.74, 6) is 0.563. The van der Waals surface area contributed by atoms with Gasteiger partial charge in [-0.15, -0.1) is 0 Å². The van der Waals surface area contributed by atoms with Crippen molar-refractivity contribution in [3.05, 3.63) is 113 Å². The summed E-state index contributed by atoms with van der Waals surface area (Å²) in [6.07, 6.45) is 9.90. The zero-order valence-electron chi connectivity index (χ0n) is 25.8. The third-order valence-corrected chi connectivity index (χ3v) is 12.4. The lowest BCUT2D eigenvalue weighted by Gasteiger charge is -2.30. The molecular weight excluding hydrogens is 529 g/mol. The maximum atomic E-state index is 13.6. The second-order valence-corrected chi connectivity index (χ2v) is 14.3. The van der Waals surface area contributed by atoms with Crippen LogP contribution in [0, 0.1) is 5.92 Å². The summed E-state index contributed by atoms with van der Waals surface area (Å²) in [6, 6.07) is 32.5. The molecule has 1 nitrogen and oxygen atoms in total. The largest absolute Gasteiger partial charge is 0.294 e. The van der Waals surface area contributed by atoms with Gasteiger partial charge in [0.15, 0.2) is 20.5 Å². The van der Waals surface area contributed by atoms with Crippen molar-refractivity contribution in [2.45, 2.75) is 106 Å². The van der Waals surface area contributed by atoms with Gasteiger partial charge in [-0.1, -0.05) is 83.4 Å². The number of hydrogen-bond donors (Lipinski definition) is 0. The fourth-order valence-corrected chi connectivity index (χ4v) is 9.57. The van der Waals surface area contributed by atoms with Gasteiger partial charge in [0, 0.05) is 16.9 Å². The van der Waals surface area contributed by atoms with Gasteiger partial charge >= 0.3 is 0 Å². The van der Waals surface area contributed by atoms with Crippen molar-refractivity contribution in [2.75, 3.05) is 0 Å². The summed E-state index contributed by atoms with van der Waals surface area (Å²) in [4.78, 5) is 17.7. The second kappa shape index (κ2) is 12.3. The van der Waals surface area contributed by atoms with E-state index in [-0.39, 0.29) is 22.2 Å². The first-order chi connectivity index (χ1) is 20.5. The first-order valence-corrected chi connectivity index (χ1v) is 17.5. The molecule has 0 atom stereocenters. The lowest BCUT2D eigenvalue weighted by molar-refractivity contribution is 0.0889. The molecule has 1 saturated carbocycles. The van der Waals surface area contributed by atoms with Crippen LogP contribution in [0.3, 0.4) is 0 Å². The van der Waals surface area contributed by atoms with Gasteiger partial charge in [0.2, 0.25) is 0 Å². The van der Waals surface area contributed by atoms with E-state index in [1.807, 2.05) is 0 Å². The number of aryl methyl sites for hydroxylation is 2. The predicted molar refractivity (Wildman–Crippen MR) is 178 cm³/mol. The molecular formula is C40H45OS+. The smallest absolute Gasteiger partial charge is 0.166 e. The number of carbonyl (C=O) groups is 1. The van der Waals surface area contributed by atoms with E-state index >= 15 is 0 Å². The number of Topliss-reactive ketones (excluding diaryl/α,β-unsaturated/α-hetero) is 1. The number of hydrogen-bond acceptors (Lipinski definition) is 1. The van der Waals surface area contributed by atoms with E-state index in [1.165, 1.54) is 67.3 Å². The summed E-state index contributed by atoms with van der Waals surface area (Å²) in [7, 11) is -0.199. The topological polar surface area (TPSA) is 17.1 Å². The third-order valence-electron chi connectivity index (χ3n) is 10.2. The standard InChI is InChI=1S/C40H45OS/c1-5-28-14-19-32(20-15-28)42(33-21-16-29(6-2)17-22-33)34-23-25-36-35-24-18-31(39(41)30-12-10-9-11-13-30)26-37(35)40(7-3,8-4)38(36)27-34/h14-27,30H,5-13H2,1-4H3/q+1. The van der Waals surface area contributed by atoms with Gasteiger partial charge in [0.05, 0.1) is 10.9 Å². The fourth-order valence-electron chi connectivity index (χ4n) is 7.50. The van der Waals surface area contributed by atoms with Gasteiger partial charge in [-0.25, -0.2) is 0 Å². The Morgan fingerprint density at radius 2 is 1.14 bits per heavy atom. The second-order valence-electron chi connectivity index (χ2n) is 12.3. The summed E-state index contributed by atoms with van der Waals surface area (Å²) < 4.78 is 0. The molecule has 6 rings (SSSR count). The number of benzene rings is 4.